The normalized spacial score (nSPS) is 20.8. The summed E-state index contributed by atoms with van der Waals surface area (Å²) in [5.41, 5.74) is 5.07. The van der Waals surface area contributed by atoms with Gasteiger partial charge in [0.1, 0.15) is 0 Å². The highest BCUT2D eigenvalue weighted by molar-refractivity contribution is 4.97. The Morgan fingerprint density at radius 3 is 2.45 bits per heavy atom. The minimum absolute atomic E-state index is 0.824. The van der Waals surface area contributed by atoms with Crippen molar-refractivity contribution >= 4 is 0 Å². The van der Waals surface area contributed by atoms with Crippen LogP contribution in [0, 0.1) is 12.0 Å². The lowest BCUT2D eigenvalue weighted by Gasteiger charge is -2.30. The van der Waals surface area contributed by atoms with Crippen LogP contribution in [0.1, 0.15) is 0 Å². The van der Waals surface area contributed by atoms with Gasteiger partial charge >= 0.3 is 0 Å². The van der Waals surface area contributed by atoms with Crippen molar-refractivity contribution in [3.05, 3.63) is 0 Å². The van der Waals surface area contributed by atoms with E-state index in [0.29, 0.717) is 0 Å². The second kappa shape index (κ2) is 4.22. The van der Waals surface area contributed by atoms with E-state index in [9.17, 15) is 0 Å². The first-order valence-corrected chi connectivity index (χ1v) is 3.92. The summed E-state index contributed by atoms with van der Waals surface area (Å²) in [5.74, 6) is 2.87. The molecule has 0 aromatic heterocycles. The molecule has 3 nitrogen and oxygen atoms in total. The van der Waals surface area contributed by atoms with Crippen molar-refractivity contribution in [1.29, 1.82) is 0 Å². The molecular weight excluding hydrogens is 138 g/mol. The van der Waals surface area contributed by atoms with Crippen LogP contribution in [-0.4, -0.2) is 49.6 Å². The summed E-state index contributed by atoms with van der Waals surface area (Å²) in [6.07, 6.45) is 0. The van der Waals surface area contributed by atoms with Crippen molar-refractivity contribution in [2.75, 3.05) is 39.8 Å². The molecule has 0 saturated carbocycles. The molecule has 0 aromatic rings. The van der Waals surface area contributed by atoms with E-state index in [4.69, 9.17) is 5.73 Å². The van der Waals surface area contributed by atoms with E-state index in [0.717, 1.165) is 32.7 Å². The van der Waals surface area contributed by atoms with Crippen LogP contribution in [0.15, 0.2) is 0 Å². The number of nitrogens with two attached hydrogens (primary N) is 1. The monoisotopic (exact) mass is 153 g/mol. The summed E-state index contributed by atoms with van der Waals surface area (Å²) in [5, 5.41) is 0. The van der Waals surface area contributed by atoms with Gasteiger partial charge in [0.2, 0.25) is 0 Å². The molecule has 1 aliphatic heterocycles. The third kappa shape index (κ3) is 2.79. The maximum Gasteiger partial charge on any atom is 0.0620 e. The molecule has 1 fully saturated rings. The summed E-state index contributed by atoms with van der Waals surface area (Å²) >= 11 is 0. The van der Waals surface area contributed by atoms with E-state index < -0.39 is 0 Å². The molecular formula is C8H15N3. The van der Waals surface area contributed by atoms with Crippen LogP contribution < -0.4 is 5.73 Å². The molecule has 0 atom stereocenters. The fourth-order valence-electron chi connectivity index (χ4n) is 1.16. The van der Waals surface area contributed by atoms with E-state index in [1.54, 1.807) is 0 Å². The predicted octanol–water partition coefficient (Wildman–Crippen LogP) is -0.847. The number of rotatable bonds is 1. The van der Waals surface area contributed by atoms with Crippen molar-refractivity contribution in [1.82, 2.24) is 9.80 Å². The second-order valence-electron chi connectivity index (χ2n) is 2.90. The Morgan fingerprint density at radius 1 is 1.27 bits per heavy atom. The standard InChI is InChI=1S/C8H15N3/c1-10-5-7-11(8-6-10)4-2-3-9/h4-9H2,1H3. The smallest absolute Gasteiger partial charge is 0.0620 e. The van der Waals surface area contributed by atoms with Gasteiger partial charge in [0.15, 0.2) is 0 Å². The topological polar surface area (TPSA) is 32.5 Å². The van der Waals surface area contributed by atoms with E-state index in [2.05, 4.69) is 28.8 Å². The average molecular weight is 153 g/mol. The van der Waals surface area contributed by atoms with E-state index in [-0.39, 0.29) is 0 Å². The van der Waals surface area contributed by atoms with Crippen LogP contribution in [0.3, 0.4) is 0 Å². The Balaban J connectivity index is 2.20. The lowest BCUT2D eigenvalue weighted by atomic mass is 10.3. The van der Waals surface area contributed by atoms with E-state index in [1.807, 2.05) is 0 Å². The van der Waals surface area contributed by atoms with Gasteiger partial charge in [-0.2, -0.15) is 0 Å². The Kier molecular flexibility index (Phi) is 3.21. The highest BCUT2D eigenvalue weighted by atomic mass is 15.2. The maximum absolute atomic E-state index is 5.07. The number of hydrogen-bond acceptors (Lipinski definition) is 3. The van der Waals surface area contributed by atoms with Crippen LogP contribution in [0.5, 0.6) is 0 Å². The zero-order valence-corrected chi connectivity index (χ0v) is 7.01. The number of nitrogens with zero attached hydrogens (tertiary/aromatic N) is 2. The van der Waals surface area contributed by atoms with Gasteiger partial charge in [0, 0.05) is 32.2 Å². The van der Waals surface area contributed by atoms with Crippen molar-refractivity contribution < 1.29 is 0 Å². The molecule has 1 saturated heterocycles. The van der Waals surface area contributed by atoms with Gasteiger partial charge in [-0.15, -0.1) is 0 Å². The van der Waals surface area contributed by atoms with Crippen molar-refractivity contribution in [2.45, 2.75) is 0 Å². The number of hydrogen-bond donors (Lipinski definition) is 1. The van der Waals surface area contributed by atoms with Crippen LogP contribution in [0.25, 0.3) is 0 Å². The maximum atomic E-state index is 5.07. The lowest BCUT2D eigenvalue weighted by Crippen LogP contribution is -2.44. The van der Waals surface area contributed by atoms with Crippen molar-refractivity contribution in [3.8, 4) is 12.0 Å². The summed E-state index contributed by atoms with van der Waals surface area (Å²) in [6, 6.07) is 2.42. The average Bonchev–Trinajstić information content (AvgIpc) is 2.04. The van der Waals surface area contributed by atoms with Gasteiger partial charge in [-0.1, -0.05) is 5.92 Å². The first-order valence-electron chi connectivity index (χ1n) is 3.92. The molecule has 0 aliphatic carbocycles. The summed E-state index contributed by atoms with van der Waals surface area (Å²) in [7, 11) is 2.14. The quantitative estimate of drug-likeness (QED) is 0.393. The van der Waals surface area contributed by atoms with Gasteiger partial charge in [0.25, 0.3) is 0 Å². The Morgan fingerprint density at radius 2 is 1.91 bits per heavy atom. The molecule has 2 N–H and O–H groups in total. The summed E-state index contributed by atoms with van der Waals surface area (Å²) in [4.78, 5) is 4.65. The van der Waals surface area contributed by atoms with Crippen molar-refractivity contribution in [3.63, 3.8) is 0 Å². The molecule has 0 amide bonds. The third-order valence-electron chi connectivity index (χ3n) is 2.00. The predicted molar refractivity (Wildman–Crippen MR) is 45.9 cm³/mol. The SMILES string of the molecule is CN1CCN(CC#CN)CC1. The van der Waals surface area contributed by atoms with Gasteiger partial charge in [-0.3, -0.25) is 4.90 Å². The first kappa shape index (κ1) is 8.38. The molecule has 3 heteroatoms. The largest absolute Gasteiger partial charge is 0.359 e. The van der Waals surface area contributed by atoms with Crippen LogP contribution >= 0.6 is 0 Å². The first-order chi connectivity index (χ1) is 5.33. The third-order valence-corrected chi connectivity index (χ3v) is 2.00. The molecule has 1 rings (SSSR count). The van der Waals surface area contributed by atoms with E-state index >= 15 is 0 Å². The Bertz CT molecular complexity index is 160. The van der Waals surface area contributed by atoms with Gasteiger partial charge in [-0.25, -0.2) is 0 Å². The molecule has 1 heterocycles. The Hall–Kier alpha value is -0.720. The highest BCUT2D eigenvalue weighted by Gasteiger charge is 2.11. The van der Waals surface area contributed by atoms with Crippen LogP contribution in [-0.2, 0) is 0 Å². The molecule has 11 heavy (non-hydrogen) atoms. The fraction of sp³-hybridized carbons (Fsp3) is 0.750. The van der Waals surface area contributed by atoms with Gasteiger partial charge in [-0.05, 0) is 7.05 Å². The highest BCUT2D eigenvalue weighted by Crippen LogP contribution is 1.96. The molecule has 1 aliphatic rings. The number of piperazine rings is 1. The molecule has 0 bridgehead atoms. The minimum Gasteiger partial charge on any atom is -0.359 e. The molecule has 0 aromatic carbocycles. The van der Waals surface area contributed by atoms with E-state index in [1.165, 1.54) is 0 Å². The molecule has 0 radical (unpaired) electrons. The second-order valence-corrected chi connectivity index (χ2v) is 2.90. The van der Waals surface area contributed by atoms with Gasteiger partial charge in [0.05, 0.1) is 6.54 Å². The van der Waals surface area contributed by atoms with Crippen LogP contribution in [0.4, 0.5) is 0 Å². The zero-order chi connectivity index (χ0) is 8.10. The van der Waals surface area contributed by atoms with Gasteiger partial charge < -0.3 is 10.6 Å². The molecule has 0 unspecified atom stereocenters. The lowest BCUT2D eigenvalue weighted by molar-refractivity contribution is 0.168. The summed E-state index contributed by atoms with van der Waals surface area (Å²) < 4.78 is 0. The zero-order valence-electron chi connectivity index (χ0n) is 7.01. The van der Waals surface area contributed by atoms with Crippen molar-refractivity contribution in [2.24, 2.45) is 5.73 Å². The fourth-order valence-corrected chi connectivity index (χ4v) is 1.16. The molecule has 62 valence electrons. The Labute approximate surface area is 68.1 Å². The summed E-state index contributed by atoms with van der Waals surface area (Å²) in [6.45, 7) is 5.35. The minimum atomic E-state index is 0.824. The number of likely N-dealkylation sites (N-methyl/N-ethyl adjacent to an activating group) is 1. The molecule has 0 spiro atoms. The van der Waals surface area contributed by atoms with Crippen LogP contribution in [0.2, 0.25) is 0 Å².